The molecule has 1 aromatic rings. The first kappa shape index (κ1) is 26.6. The van der Waals surface area contributed by atoms with Crippen molar-refractivity contribution >= 4 is 27.6 Å². The third-order valence-corrected chi connectivity index (χ3v) is 7.86. The van der Waals surface area contributed by atoms with Crippen LogP contribution in [0.5, 0.6) is 0 Å². The third-order valence-electron chi connectivity index (χ3n) is 5.91. The molecule has 0 unspecified atom stereocenters. The monoisotopic (exact) mass is 486 g/mol. The van der Waals surface area contributed by atoms with Crippen molar-refractivity contribution in [3.63, 3.8) is 0 Å². The van der Waals surface area contributed by atoms with Crippen LogP contribution in [0.15, 0.2) is 29.2 Å². The molecule has 2 N–H and O–H groups in total. The van der Waals surface area contributed by atoms with Gasteiger partial charge in [-0.25, -0.2) is 13.2 Å². The molecule has 2 aliphatic rings. The highest BCUT2D eigenvalue weighted by Gasteiger charge is 2.35. The number of nitro benzene ring substituents is 1. The number of benzene rings is 1. The van der Waals surface area contributed by atoms with E-state index < -0.39 is 26.9 Å². The summed E-state index contributed by atoms with van der Waals surface area (Å²) in [7, 11) is -3.85. The quantitative estimate of drug-likeness (QED) is 0.267. The number of piperidine rings is 1. The maximum Gasteiger partial charge on any atom is 0.351 e. The van der Waals surface area contributed by atoms with Crippen molar-refractivity contribution in [2.75, 3.05) is 45.8 Å². The van der Waals surface area contributed by atoms with Crippen LogP contribution in [0, 0.1) is 10.1 Å². The van der Waals surface area contributed by atoms with E-state index in [2.05, 4.69) is 11.8 Å². The lowest BCUT2D eigenvalue weighted by Gasteiger charge is -2.41. The molecule has 2 saturated heterocycles. The fourth-order valence-corrected chi connectivity index (χ4v) is 5.83. The molecule has 0 radical (unpaired) electrons. The van der Waals surface area contributed by atoms with Gasteiger partial charge in [-0.05, 0) is 12.5 Å². The summed E-state index contributed by atoms with van der Waals surface area (Å²) < 4.78 is 27.2. The molecule has 0 aromatic heterocycles. The van der Waals surface area contributed by atoms with Gasteiger partial charge >= 0.3 is 5.97 Å². The topological polar surface area (TPSA) is 166 Å². The summed E-state index contributed by atoms with van der Waals surface area (Å²) in [5, 5.41) is 27.5. The summed E-state index contributed by atoms with van der Waals surface area (Å²) >= 11 is 0. The molecule has 2 aliphatic heterocycles. The Morgan fingerprint density at radius 2 is 1.70 bits per heavy atom. The SMILES string of the molecule is CCC[NH+]1CCC(N2CCN(S(=O)(=O)c3ccccc3[N+](=O)[O-])CC2)CC1.O=C([O-])C(=O)O. The average Bonchev–Trinajstić information content (AvgIpc) is 2.80. The number of carboxylic acids is 2. The number of nitro groups is 1. The summed E-state index contributed by atoms with van der Waals surface area (Å²) in [6.45, 7) is 7.97. The van der Waals surface area contributed by atoms with Crippen LogP contribution in [-0.2, 0) is 19.6 Å². The highest BCUT2D eigenvalue weighted by atomic mass is 32.2. The number of piperazine rings is 1. The lowest BCUT2D eigenvalue weighted by atomic mass is 10.0. The van der Waals surface area contributed by atoms with Gasteiger partial charge in [-0.1, -0.05) is 19.1 Å². The summed E-state index contributed by atoms with van der Waals surface area (Å²) in [5.74, 6) is -4.01. The lowest BCUT2D eigenvalue weighted by Crippen LogP contribution is -3.13. The standard InChI is InChI=1S/C18H28N4O4S.C2H2O4/c1-2-9-19-10-7-16(8-11-19)20-12-14-21(15-13-20)27(25,26)18-6-4-3-5-17(18)22(23)24;3-1(4)2(5)6/h3-6,16H,2,7-15H2,1H3;(H,3,4)(H,5,6). The number of sulfonamides is 1. The molecule has 33 heavy (non-hydrogen) atoms. The van der Waals surface area contributed by atoms with Gasteiger partial charge < -0.3 is 19.9 Å². The highest BCUT2D eigenvalue weighted by Crippen LogP contribution is 2.27. The van der Waals surface area contributed by atoms with Crippen LogP contribution in [0.1, 0.15) is 26.2 Å². The molecule has 0 bridgehead atoms. The second kappa shape index (κ2) is 12.0. The number of hydrogen-bond donors (Lipinski definition) is 2. The highest BCUT2D eigenvalue weighted by molar-refractivity contribution is 7.89. The number of carbonyl (C=O) groups excluding carboxylic acids is 1. The fourth-order valence-electron chi connectivity index (χ4n) is 4.25. The minimum Gasteiger partial charge on any atom is -0.539 e. The van der Waals surface area contributed by atoms with Crippen molar-refractivity contribution in [2.45, 2.75) is 37.1 Å². The molecule has 0 aliphatic carbocycles. The van der Waals surface area contributed by atoms with Gasteiger partial charge in [0.25, 0.3) is 5.69 Å². The summed E-state index contributed by atoms with van der Waals surface area (Å²) in [5.41, 5.74) is -0.355. The van der Waals surface area contributed by atoms with Crippen LogP contribution in [0.25, 0.3) is 0 Å². The Morgan fingerprint density at radius 1 is 1.15 bits per heavy atom. The Hall–Kier alpha value is -2.61. The van der Waals surface area contributed by atoms with Gasteiger partial charge in [0.2, 0.25) is 10.0 Å². The van der Waals surface area contributed by atoms with Crippen molar-refractivity contribution in [2.24, 2.45) is 0 Å². The molecule has 2 heterocycles. The number of carboxylic acid groups (broad SMARTS) is 2. The Labute approximate surface area is 192 Å². The zero-order valence-corrected chi connectivity index (χ0v) is 19.3. The minimum absolute atomic E-state index is 0.208. The molecular weight excluding hydrogens is 456 g/mol. The summed E-state index contributed by atoms with van der Waals surface area (Å²) in [6, 6.07) is 6.12. The molecule has 1 aromatic carbocycles. The molecule has 0 atom stereocenters. The molecule has 13 heteroatoms. The van der Waals surface area contributed by atoms with Gasteiger partial charge in [0.05, 0.1) is 24.6 Å². The lowest BCUT2D eigenvalue weighted by molar-refractivity contribution is -0.905. The number of para-hydroxylation sites is 1. The van der Waals surface area contributed by atoms with Crippen molar-refractivity contribution in [3.8, 4) is 0 Å². The van der Waals surface area contributed by atoms with E-state index >= 15 is 0 Å². The van der Waals surface area contributed by atoms with Crippen LogP contribution in [0.2, 0.25) is 0 Å². The Kier molecular flexibility index (Phi) is 9.70. The molecule has 0 amide bonds. The normalized spacial score (nSPS) is 22.1. The van der Waals surface area contributed by atoms with Gasteiger partial charge in [0, 0.05) is 51.1 Å². The first-order valence-corrected chi connectivity index (χ1v) is 12.3. The van der Waals surface area contributed by atoms with E-state index in [-0.39, 0.29) is 10.6 Å². The van der Waals surface area contributed by atoms with Gasteiger partial charge in [-0.3, -0.25) is 15.0 Å². The summed E-state index contributed by atoms with van der Waals surface area (Å²) in [4.78, 5) is 32.5. The zero-order chi connectivity index (χ0) is 24.6. The summed E-state index contributed by atoms with van der Waals surface area (Å²) in [6.07, 6.45) is 3.53. The first-order valence-electron chi connectivity index (χ1n) is 10.8. The number of likely N-dealkylation sites (tertiary alicyclic amines) is 1. The van der Waals surface area contributed by atoms with Crippen LogP contribution in [0.3, 0.4) is 0 Å². The fraction of sp³-hybridized carbons (Fsp3) is 0.600. The number of nitrogens with one attached hydrogen (secondary N) is 1. The van der Waals surface area contributed by atoms with E-state index in [0.717, 1.165) is 12.8 Å². The van der Waals surface area contributed by atoms with E-state index in [1.165, 1.54) is 54.6 Å². The second-order valence-electron chi connectivity index (χ2n) is 7.99. The van der Waals surface area contributed by atoms with Crippen molar-refractivity contribution in [1.29, 1.82) is 0 Å². The predicted octanol–water partition coefficient (Wildman–Crippen LogP) is -1.82. The molecule has 3 rings (SSSR count). The predicted molar refractivity (Wildman–Crippen MR) is 115 cm³/mol. The van der Waals surface area contributed by atoms with Gasteiger partial charge in [-0.2, -0.15) is 4.31 Å². The van der Waals surface area contributed by atoms with Gasteiger partial charge in [0.15, 0.2) is 10.9 Å². The smallest absolute Gasteiger partial charge is 0.351 e. The number of rotatable bonds is 6. The maximum atomic E-state index is 12.9. The van der Waals surface area contributed by atoms with Crippen molar-refractivity contribution in [1.82, 2.24) is 9.21 Å². The van der Waals surface area contributed by atoms with Crippen molar-refractivity contribution < 1.29 is 38.0 Å². The first-order chi connectivity index (χ1) is 15.6. The number of nitrogens with zero attached hydrogens (tertiary/aromatic N) is 3. The molecular formula is C20H30N4O8S. The van der Waals surface area contributed by atoms with Crippen LogP contribution in [0.4, 0.5) is 5.69 Å². The third kappa shape index (κ3) is 7.19. The van der Waals surface area contributed by atoms with Crippen LogP contribution >= 0.6 is 0 Å². The molecule has 12 nitrogen and oxygen atoms in total. The van der Waals surface area contributed by atoms with Crippen molar-refractivity contribution in [3.05, 3.63) is 34.4 Å². The van der Waals surface area contributed by atoms with Gasteiger partial charge in [-0.15, -0.1) is 0 Å². The number of carbonyl (C=O) groups is 2. The molecule has 0 spiro atoms. The Morgan fingerprint density at radius 3 is 2.18 bits per heavy atom. The maximum absolute atomic E-state index is 12.9. The molecule has 2 fully saturated rings. The Balaban J connectivity index is 0.000000569. The van der Waals surface area contributed by atoms with E-state index in [1.807, 2.05) is 0 Å². The van der Waals surface area contributed by atoms with E-state index in [9.17, 15) is 18.5 Å². The number of quaternary nitrogens is 1. The van der Waals surface area contributed by atoms with E-state index in [1.54, 1.807) is 4.90 Å². The van der Waals surface area contributed by atoms with Crippen LogP contribution < -0.4 is 10.0 Å². The van der Waals surface area contributed by atoms with Gasteiger partial charge in [0.1, 0.15) is 0 Å². The number of hydrogen-bond acceptors (Lipinski definition) is 8. The Bertz CT molecular complexity index is 927. The van der Waals surface area contributed by atoms with Crippen LogP contribution in [-0.4, -0.2) is 91.4 Å². The van der Waals surface area contributed by atoms with E-state index in [4.69, 9.17) is 19.8 Å². The zero-order valence-electron chi connectivity index (χ0n) is 18.5. The molecule has 0 saturated carbocycles. The largest absolute Gasteiger partial charge is 0.539 e. The minimum atomic E-state index is -3.85. The number of aliphatic carboxylic acids is 2. The second-order valence-corrected chi connectivity index (χ2v) is 9.90. The van der Waals surface area contributed by atoms with E-state index in [0.29, 0.717) is 32.2 Å². The molecule has 184 valence electrons. The average molecular weight is 487 g/mol.